The van der Waals surface area contributed by atoms with Crippen LogP contribution in [0.4, 0.5) is 35.0 Å². The summed E-state index contributed by atoms with van der Waals surface area (Å²) in [6.07, 6.45) is -4.50. The van der Waals surface area contributed by atoms with Crippen molar-refractivity contribution in [1.82, 2.24) is 0 Å². The molecule has 0 radical (unpaired) electrons. The van der Waals surface area contributed by atoms with Gasteiger partial charge in [0.15, 0.2) is 0 Å². The van der Waals surface area contributed by atoms with Crippen molar-refractivity contribution in [3.05, 3.63) is 52.5 Å². The molecule has 0 unspecified atom stereocenters. The van der Waals surface area contributed by atoms with E-state index in [9.17, 15) is 18.0 Å². The van der Waals surface area contributed by atoms with Gasteiger partial charge in [0.2, 0.25) is 0 Å². The third kappa shape index (κ3) is 5.14. The molecule has 0 aromatic heterocycles. The number of hydrogen-bond donors (Lipinski definition) is 2. The number of alkyl halides is 3. The highest BCUT2D eigenvalue weighted by Crippen LogP contribution is 2.35. The molecule has 9 heteroatoms. The van der Waals surface area contributed by atoms with E-state index in [1.807, 2.05) is 4.90 Å². The minimum absolute atomic E-state index is 0.0985. The first-order chi connectivity index (χ1) is 12.8. The highest BCUT2D eigenvalue weighted by atomic mass is 79.9. The van der Waals surface area contributed by atoms with Crippen molar-refractivity contribution in [2.45, 2.75) is 6.18 Å². The lowest BCUT2D eigenvalue weighted by molar-refractivity contribution is -0.137. The number of ether oxygens (including phenoxy) is 1. The van der Waals surface area contributed by atoms with E-state index in [-0.39, 0.29) is 5.69 Å². The third-order valence-corrected chi connectivity index (χ3v) is 4.55. The van der Waals surface area contributed by atoms with Gasteiger partial charge in [0.05, 0.1) is 30.2 Å². The minimum atomic E-state index is -4.50. The van der Waals surface area contributed by atoms with Crippen molar-refractivity contribution in [3.8, 4) is 0 Å². The Balaban J connectivity index is 1.83. The Labute approximate surface area is 162 Å². The zero-order valence-electron chi connectivity index (χ0n) is 14.1. The fourth-order valence-corrected chi connectivity index (χ4v) is 2.97. The van der Waals surface area contributed by atoms with Gasteiger partial charge in [0.1, 0.15) is 0 Å². The highest BCUT2D eigenvalue weighted by molar-refractivity contribution is 9.10. The molecule has 1 heterocycles. The zero-order valence-corrected chi connectivity index (χ0v) is 15.7. The van der Waals surface area contributed by atoms with Crippen LogP contribution in [0.15, 0.2) is 46.9 Å². The maximum Gasteiger partial charge on any atom is 0.416 e. The van der Waals surface area contributed by atoms with Crippen LogP contribution in [0, 0.1) is 0 Å². The van der Waals surface area contributed by atoms with Crippen LogP contribution in [0.5, 0.6) is 0 Å². The summed E-state index contributed by atoms with van der Waals surface area (Å²) in [4.78, 5) is 14.2. The summed E-state index contributed by atoms with van der Waals surface area (Å²) in [6.45, 7) is 2.03. The lowest BCUT2D eigenvalue weighted by Crippen LogP contribution is -2.37. The van der Waals surface area contributed by atoms with Gasteiger partial charge < -0.3 is 20.3 Å². The van der Waals surface area contributed by atoms with E-state index in [1.165, 1.54) is 6.07 Å². The summed E-state index contributed by atoms with van der Waals surface area (Å²) >= 11 is 3.29. The molecule has 144 valence electrons. The Hall–Kier alpha value is -2.26. The number of anilines is 3. The van der Waals surface area contributed by atoms with E-state index >= 15 is 0 Å². The average Bonchev–Trinajstić information content (AvgIpc) is 2.63. The molecule has 3 rings (SSSR count). The van der Waals surface area contributed by atoms with Crippen molar-refractivity contribution in [2.24, 2.45) is 0 Å². The molecule has 0 spiro atoms. The number of nitrogens with one attached hydrogen (secondary N) is 2. The molecule has 2 N–H and O–H groups in total. The number of hydrogen-bond acceptors (Lipinski definition) is 3. The van der Waals surface area contributed by atoms with Crippen molar-refractivity contribution in [1.29, 1.82) is 0 Å². The van der Waals surface area contributed by atoms with E-state index < -0.39 is 17.8 Å². The summed E-state index contributed by atoms with van der Waals surface area (Å²) in [6, 6.07) is 9.58. The molecule has 0 bridgehead atoms. The van der Waals surface area contributed by atoms with E-state index in [0.717, 1.165) is 16.6 Å². The molecular formula is C18H17BrF3N3O2. The average molecular weight is 444 g/mol. The van der Waals surface area contributed by atoms with Crippen LogP contribution < -0.4 is 15.5 Å². The van der Waals surface area contributed by atoms with Crippen molar-refractivity contribution in [3.63, 3.8) is 0 Å². The van der Waals surface area contributed by atoms with Gasteiger partial charge in [-0.05, 0) is 42.5 Å². The molecule has 27 heavy (non-hydrogen) atoms. The molecule has 1 aliphatic heterocycles. The van der Waals surface area contributed by atoms with Gasteiger partial charge in [-0.1, -0.05) is 15.9 Å². The number of halogens is 4. The Kier molecular flexibility index (Phi) is 5.91. The minimum Gasteiger partial charge on any atom is -0.378 e. The summed E-state index contributed by atoms with van der Waals surface area (Å²) in [5, 5.41) is 5.15. The Morgan fingerprint density at radius 3 is 2.33 bits per heavy atom. The van der Waals surface area contributed by atoms with Gasteiger partial charge in [-0.3, -0.25) is 0 Å². The second kappa shape index (κ2) is 8.18. The van der Waals surface area contributed by atoms with Crippen LogP contribution in [0.2, 0.25) is 0 Å². The third-order valence-electron chi connectivity index (χ3n) is 4.03. The van der Waals surface area contributed by atoms with Crippen molar-refractivity contribution in [2.75, 3.05) is 41.8 Å². The monoisotopic (exact) mass is 443 g/mol. The van der Waals surface area contributed by atoms with Crippen molar-refractivity contribution < 1.29 is 22.7 Å². The number of rotatable bonds is 3. The first-order valence-corrected chi connectivity index (χ1v) is 9.00. The Bertz CT molecular complexity index is 806. The predicted molar refractivity (Wildman–Crippen MR) is 101 cm³/mol. The second-order valence-corrected chi connectivity index (χ2v) is 6.83. The van der Waals surface area contributed by atoms with Crippen LogP contribution >= 0.6 is 15.9 Å². The molecule has 1 saturated heterocycles. The van der Waals surface area contributed by atoms with E-state index in [0.29, 0.717) is 37.7 Å². The topological polar surface area (TPSA) is 53.6 Å². The maximum absolute atomic E-state index is 13.1. The van der Waals surface area contributed by atoms with Gasteiger partial charge in [-0.25, -0.2) is 4.79 Å². The number of urea groups is 1. The standard InChI is InChI=1S/C18H17BrF3N3O2/c19-13-2-4-14(5-3-13)23-17(26)24-15-11-12(18(20,21)22)1-6-16(15)25-7-9-27-10-8-25/h1-6,11H,7-10H2,(H2,23,24,26). The van der Waals surface area contributed by atoms with Crippen molar-refractivity contribution >= 4 is 39.0 Å². The predicted octanol–water partition coefficient (Wildman–Crippen LogP) is 4.95. The number of carbonyl (C=O) groups is 1. The van der Waals surface area contributed by atoms with E-state index in [2.05, 4.69) is 26.6 Å². The zero-order chi connectivity index (χ0) is 19.4. The number of morpholine rings is 1. The molecule has 1 aliphatic rings. The van der Waals surface area contributed by atoms with Gasteiger partial charge in [0.25, 0.3) is 0 Å². The SMILES string of the molecule is O=C(Nc1ccc(Br)cc1)Nc1cc(C(F)(F)F)ccc1N1CCOCC1. The molecule has 1 fully saturated rings. The van der Waals surface area contributed by atoms with Crippen LogP contribution in [-0.4, -0.2) is 32.3 Å². The molecule has 2 aromatic carbocycles. The van der Waals surface area contributed by atoms with Crippen LogP contribution in [0.1, 0.15) is 5.56 Å². The smallest absolute Gasteiger partial charge is 0.378 e. The number of benzene rings is 2. The largest absolute Gasteiger partial charge is 0.416 e. The Morgan fingerprint density at radius 2 is 1.70 bits per heavy atom. The van der Waals surface area contributed by atoms with E-state index in [4.69, 9.17) is 4.74 Å². The number of nitrogens with zero attached hydrogens (tertiary/aromatic N) is 1. The second-order valence-electron chi connectivity index (χ2n) is 5.92. The first kappa shape index (κ1) is 19.5. The summed E-state index contributed by atoms with van der Waals surface area (Å²) in [7, 11) is 0. The summed E-state index contributed by atoms with van der Waals surface area (Å²) in [5.74, 6) is 0. The fraction of sp³-hybridized carbons (Fsp3) is 0.278. The number of amides is 2. The molecule has 0 saturated carbocycles. The molecule has 2 aromatic rings. The molecule has 0 atom stereocenters. The quantitative estimate of drug-likeness (QED) is 0.705. The van der Waals surface area contributed by atoms with Gasteiger partial charge in [-0.2, -0.15) is 13.2 Å². The maximum atomic E-state index is 13.1. The normalized spacial score (nSPS) is 14.7. The Morgan fingerprint density at radius 1 is 1.04 bits per heavy atom. The highest BCUT2D eigenvalue weighted by Gasteiger charge is 2.32. The summed E-state index contributed by atoms with van der Waals surface area (Å²) in [5.41, 5.74) is 0.327. The molecule has 0 aliphatic carbocycles. The van der Waals surface area contributed by atoms with Crippen LogP contribution in [-0.2, 0) is 10.9 Å². The fourth-order valence-electron chi connectivity index (χ4n) is 2.71. The van der Waals surface area contributed by atoms with Gasteiger partial charge >= 0.3 is 12.2 Å². The van der Waals surface area contributed by atoms with E-state index in [1.54, 1.807) is 24.3 Å². The number of carbonyl (C=O) groups excluding carboxylic acids is 1. The molecule has 5 nitrogen and oxygen atoms in total. The van der Waals surface area contributed by atoms with Crippen LogP contribution in [0.25, 0.3) is 0 Å². The van der Waals surface area contributed by atoms with Gasteiger partial charge in [0, 0.05) is 23.2 Å². The lowest BCUT2D eigenvalue weighted by atomic mass is 10.1. The molecule has 2 amide bonds. The lowest BCUT2D eigenvalue weighted by Gasteiger charge is -2.31. The van der Waals surface area contributed by atoms with Gasteiger partial charge in [-0.15, -0.1) is 0 Å². The molecular weight excluding hydrogens is 427 g/mol. The first-order valence-electron chi connectivity index (χ1n) is 8.20. The summed E-state index contributed by atoms with van der Waals surface area (Å²) < 4.78 is 45.4. The van der Waals surface area contributed by atoms with Crippen LogP contribution in [0.3, 0.4) is 0 Å².